The Kier molecular flexibility index (Phi) is 2.52. The predicted octanol–water partition coefficient (Wildman–Crippen LogP) is 3.98. The lowest BCUT2D eigenvalue weighted by Gasteiger charge is -2.14. The maximum Gasteiger partial charge on any atom is 0.0592 e. The van der Waals surface area contributed by atoms with Crippen LogP contribution >= 0.6 is 11.6 Å². The Morgan fingerprint density at radius 1 is 1.50 bits per heavy atom. The summed E-state index contributed by atoms with van der Waals surface area (Å²) in [5.74, 6) is 1.91. The van der Waals surface area contributed by atoms with Crippen LogP contribution in [0.15, 0.2) is 12.3 Å². The Labute approximate surface area is 90.5 Å². The molecular formula is C12H16ClN. The van der Waals surface area contributed by atoms with Crippen LogP contribution in [0.25, 0.3) is 0 Å². The van der Waals surface area contributed by atoms with Crippen LogP contribution in [0.4, 0.5) is 0 Å². The Bertz CT molecular complexity index is 346. The molecular weight excluding hydrogens is 194 g/mol. The van der Waals surface area contributed by atoms with Gasteiger partial charge in [0.15, 0.2) is 0 Å². The first kappa shape index (κ1) is 9.97. The number of aromatic nitrogens is 1. The van der Waals surface area contributed by atoms with E-state index in [4.69, 9.17) is 11.6 Å². The molecule has 76 valence electrons. The highest BCUT2D eigenvalue weighted by atomic mass is 35.5. The highest BCUT2D eigenvalue weighted by molar-refractivity contribution is 6.30. The summed E-state index contributed by atoms with van der Waals surface area (Å²) in [5.41, 5.74) is 2.63. The second kappa shape index (κ2) is 3.54. The van der Waals surface area contributed by atoms with Crippen molar-refractivity contribution < 1.29 is 0 Å². The van der Waals surface area contributed by atoms with Crippen LogP contribution in [-0.4, -0.2) is 4.98 Å². The Morgan fingerprint density at radius 3 is 2.86 bits per heavy atom. The lowest BCUT2D eigenvalue weighted by atomic mass is 9.92. The molecule has 14 heavy (non-hydrogen) atoms. The van der Waals surface area contributed by atoms with E-state index in [1.165, 1.54) is 17.7 Å². The zero-order valence-electron chi connectivity index (χ0n) is 8.92. The van der Waals surface area contributed by atoms with Gasteiger partial charge >= 0.3 is 0 Å². The monoisotopic (exact) mass is 209 g/mol. The van der Waals surface area contributed by atoms with Crippen molar-refractivity contribution in [3.63, 3.8) is 0 Å². The van der Waals surface area contributed by atoms with E-state index in [1.54, 1.807) is 6.20 Å². The topological polar surface area (TPSA) is 12.9 Å². The van der Waals surface area contributed by atoms with Crippen molar-refractivity contribution in [1.82, 2.24) is 4.98 Å². The van der Waals surface area contributed by atoms with Gasteiger partial charge in [-0.15, -0.1) is 0 Å². The SMILES string of the molecule is CC1C[C@@H](C(C)C)c2ncc(Cl)cc21. The van der Waals surface area contributed by atoms with E-state index in [0.29, 0.717) is 17.8 Å². The second-order valence-electron chi connectivity index (χ2n) is 4.62. The molecule has 0 fully saturated rings. The molecule has 1 unspecified atom stereocenters. The molecule has 0 aliphatic heterocycles. The summed E-state index contributed by atoms with van der Waals surface area (Å²) in [5, 5.41) is 0.764. The maximum absolute atomic E-state index is 5.95. The average Bonchev–Trinajstić information content (AvgIpc) is 2.44. The molecule has 0 bridgehead atoms. The smallest absolute Gasteiger partial charge is 0.0592 e. The van der Waals surface area contributed by atoms with Gasteiger partial charge in [0.2, 0.25) is 0 Å². The van der Waals surface area contributed by atoms with Crippen LogP contribution in [0.1, 0.15) is 50.3 Å². The van der Waals surface area contributed by atoms with Crippen LogP contribution in [0.5, 0.6) is 0 Å². The quantitative estimate of drug-likeness (QED) is 0.682. The van der Waals surface area contributed by atoms with E-state index in [1.807, 2.05) is 0 Å². The zero-order chi connectivity index (χ0) is 10.3. The first-order valence-corrected chi connectivity index (χ1v) is 5.62. The Balaban J connectivity index is 2.44. The van der Waals surface area contributed by atoms with Gasteiger partial charge in [0.1, 0.15) is 0 Å². The van der Waals surface area contributed by atoms with E-state index in [2.05, 4.69) is 31.8 Å². The predicted molar refractivity (Wildman–Crippen MR) is 59.9 cm³/mol. The standard InChI is InChI=1S/C12H16ClN/c1-7(2)10-4-8(3)11-5-9(13)6-14-12(10)11/h5-8,10H,4H2,1-3H3/t8?,10-/m0/s1. The summed E-state index contributed by atoms with van der Waals surface area (Å²) in [6, 6.07) is 2.08. The summed E-state index contributed by atoms with van der Waals surface area (Å²) < 4.78 is 0. The molecule has 0 saturated heterocycles. The lowest BCUT2D eigenvalue weighted by molar-refractivity contribution is 0.468. The molecule has 0 saturated carbocycles. The molecule has 1 aliphatic rings. The van der Waals surface area contributed by atoms with Gasteiger partial charge in [0.25, 0.3) is 0 Å². The van der Waals surface area contributed by atoms with Crippen molar-refractivity contribution in [2.45, 2.75) is 39.0 Å². The fraction of sp³-hybridized carbons (Fsp3) is 0.583. The third-order valence-electron chi connectivity index (χ3n) is 3.21. The van der Waals surface area contributed by atoms with Crippen molar-refractivity contribution in [3.05, 3.63) is 28.5 Å². The van der Waals surface area contributed by atoms with Crippen LogP contribution in [0.2, 0.25) is 5.02 Å². The molecule has 1 aromatic rings. The van der Waals surface area contributed by atoms with Crippen molar-refractivity contribution in [2.75, 3.05) is 0 Å². The summed E-state index contributed by atoms with van der Waals surface area (Å²) in [7, 11) is 0. The number of pyridine rings is 1. The maximum atomic E-state index is 5.95. The Morgan fingerprint density at radius 2 is 2.21 bits per heavy atom. The fourth-order valence-corrected chi connectivity index (χ4v) is 2.54. The number of fused-ring (bicyclic) bond motifs is 1. The molecule has 1 heterocycles. The number of rotatable bonds is 1. The van der Waals surface area contributed by atoms with Gasteiger partial charge in [-0.2, -0.15) is 0 Å². The van der Waals surface area contributed by atoms with Crippen LogP contribution < -0.4 is 0 Å². The average molecular weight is 210 g/mol. The number of nitrogens with zero attached hydrogens (tertiary/aromatic N) is 1. The molecule has 0 N–H and O–H groups in total. The van der Waals surface area contributed by atoms with Crippen molar-refractivity contribution >= 4 is 11.6 Å². The molecule has 2 heteroatoms. The van der Waals surface area contributed by atoms with E-state index in [-0.39, 0.29) is 0 Å². The van der Waals surface area contributed by atoms with Gasteiger partial charge < -0.3 is 0 Å². The summed E-state index contributed by atoms with van der Waals surface area (Å²) in [4.78, 5) is 4.48. The third kappa shape index (κ3) is 1.54. The van der Waals surface area contributed by atoms with E-state index >= 15 is 0 Å². The summed E-state index contributed by atoms with van der Waals surface area (Å²) in [6.45, 7) is 6.80. The molecule has 0 aromatic carbocycles. The molecule has 1 aromatic heterocycles. The van der Waals surface area contributed by atoms with Gasteiger partial charge in [0.05, 0.1) is 5.02 Å². The van der Waals surface area contributed by atoms with E-state index < -0.39 is 0 Å². The minimum atomic E-state index is 0.614. The van der Waals surface area contributed by atoms with Crippen molar-refractivity contribution in [3.8, 4) is 0 Å². The zero-order valence-corrected chi connectivity index (χ0v) is 9.67. The molecule has 2 rings (SSSR count). The second-order valence-corrected chi connectivity index (χ2v) is 5.05. The Hall–Kier alpha value is -0.560. The largest absolute Gasteiger partial charge is 0.259 e. The van der Waals surface area contributed by atoms with Crippen LogP contribution in [0.3, 0.4) is 0 Å². The highest BCUT2D eigenvalue weighted by Crippen LogP contribution is 2.44. The number of hydrogen-bond donors (Lipinski definition) is 0. The molecule has 1 nitrogen and oxygen atoms in total. The van der Waals surface area contributed by atoms with Gasteiger partial charge in [-0.1, -0.05) is 32.4 Å². The van der Waals surface area contributed by atoms with Crippen molar-refractivity contribution in [1.29, 1.82) is 0 Å². The number of hydrogen-bond acceptors (Lipinski definition) is 1. The first-order valence-electron chi connectivity index (χ1n) is 5.25. The van der Waals surface area contributed by atoms with Gasteiger partial charge in [0, 0.05) is 17.8 Å². The minimum Gasteiger partial charge on any atom is -0.259 e. The van der Waals surface area contributed by atoms with E-state index in [0.717, 1.165) is 5.02 Å². The normalized spacial score (nSPS) is 25.5. The summed E-state index contributed by atoms with van der Waals surface area (Å²) in [6.07, 6.45) is 2.99. The molecule has 0 amide bonds. The fourth-order valence-electron chi connectivity index (χ4n) is 2.38. The first-order chi connectivity index (χ1) is 6.59. The molecule has 2 atom stereocenters. The molecule has 1 aliphatic carbocycles. The van der Waals surface area contributed by atoms with E-state index in [9.17, 15) is 0 Å². The van der Waals surface area contributed by atoms with Gasteiger partial charge in [-0.05, 0) is 29.9 Å². The van der Waals surface area contributed by atoms with Gasteiger partial charge in [-0.25, -0.2) is 0 Å². The highest BCUT2D eigenvalue weighted by Gasteiger charge is 2.31. The minimum absolute atomic E-state index is 0.614. The van der Waals surface area contributed by atoms with Gasteiger partial charge in [-0.3, -0.25) is 4.98 Å². The van der Waals surface area contributed by atoms with Crippen LogP contribution in [0, 0.1) is 5.92 Å². The molecule has 0 radical (unpaired) electrons. The van der Waals surface area contributed by atoms with Crippen LogP contribution in [-0.2, 0) is 0 Å². The number of halogens is 1. The summed E-state index contributed by atoms with van der Waals surface area (Å²) >= 11 is 5.95. The third-order valence-corrected chi connectivity index (χ3v) is 3.42. The molecule has 0 spiro atoms. The lowest BCUT2D eigenvalue weighted by Crippen LogP contribution is -2.04. The van der Waals surface area contributed by atoms with Crippen molar-refractivity contribution in [2.24, 2.45) is 5.92 Å².